The van der Waals surface area contributed by atoms with Gasteiger partial charge in [-0.1, -0.05) is 11.8 Å². The highest BCUT2D eigenvalue weighted by Crippen LogP contribution is 2.22. The molecule has 152 valence electrons. The molecule has 2 heterocycles. The number of carbonyl (C=O) groups excluding carboxylic acids is 1. The van der Waals surface area contributed by atoms with Gasteiger partial charge in [0.2, 0.25) is 5.91 Å². The number of H-pyrrole nitrogens is 1. The summed E-state index contributed by atoms with van der Waals surface area (Å²) >= 11 is 0.917. The number of aromatic nitrogens is 4. The summed E-state index contributed by atoms with van der Waals surface area (Å²) in [6.07, 6.45) is 1.27. The van der Waals surface area contributed by atoms with Gasteiger partial charge in [-0.3, -0.25) is 19.3 Å². The zero-order valence-electron chi connectivity index (χ0n) is 15.0. The third-order valence-electron chi connectivity index (χ3n) is 4.07. The van der Waals surface area contributed by atoms with Gasteiger partial charge in [-0.15, -0.1) is 0 Å². The van der Waals surface area contributed by atoms with Crippen LogP contribution >= 0.6 is 11.8 Å². The Bertz CT molecular complexity index is 1300. The molecule has 2 N–H and O–H groups in total. The van der Waals surface area contributed by atoms with Crippen LogP contribution in [-0.4, -0.2) is 31.4 Å². The molecule has 2 aromatic heterocycles. The Kier molecular flexibility index (Phi) is 5.27. The van der Waals surface area contributed by atoms with Crippen LogP contribution in [0.1, 0.15) is 0 Å². The molecule has 0 saturated heterocycles. The molecule has 11 heteroatoms. The lowest BCUT2D eigenvalue weighted by Gasteiger charge is -2.12. The minimum Gasteiger partial charge on any atom is -0.325 e. The second-order valence-corrected chi connectivity index (χ2v) is 7.05. The third-order valence-corrected chi connectivity index (χ3v) is 5.01. The molecule has 0 aliphatic heterocycles. The van der Waals surface area contributed by atoms with Crippen LogP contribution in [0.15, 0.2) is 58.6 Å². The lowest BCUT2D eigenvalue weighted by Crippen LogP contribution is -2.22. The largest absolute Gasteiger partial charge is 0.325 e. The Hall–Kier alpha value is -3.60. The highest BCUT2D eigenvalue weighted by Gasteiger charge is 2.17. The molecule has 4 rings (SSSR count). The number of benzene rings is 2. The quantitative estimate of drug-likeness (QED) is 0.374. The van der Waals surface area contributed by atoms with E-state index in [1.165, 1.54) is 36.5 Å². The van der Waals surface area contributed by atoms with Gasteiger partial charge in [0.25, 0.3) is 5.56 Å². The van der Waals surface area contributed by atoms with Crippen LogP contribution in [0, 0.1) is 17.5 Å². The number of fused-ring (bicyclic) bond motifs is 1. The Morgan fingerprint density at radius 3 is 2.60 bits per heavy atom. The van der Waals surface area contributed by atoms with E-state index < -0.39 is 28.9 Å². The molecule has 0 atom stereocenters. The first-order valence-electron chi connectivity index (χ1n) is 8.52. The standard InChI is InChI=1S/C19H12F3N5O2S/c20-10-1-3-11(4-2-10)24-16(28)9-30-19-25-17-13(8-23-26-17)18(29)27(19)12-5-6-14(21)15(22)7-12/h1-8H,9H2,(H,23,26)(H,24,28). The number of hydrogen-bond donors (Lipinski definition) is 2. The van der Waals surface area contributed by atoms with Gasteiger partial charge in [0.15, 0.2) is 22.4 Å². The van der Waals surface area contributed by atoms with Crippen LogP contribution in [0.4, 0.5) is 18.9 Å². The van der Waals surface area contributed by atoms with Crippen LogP contribution in [-0.2, 0) is 4.79 Å². The highest BCUT2D eigenvalue weighted by molar-refractivity contribution is 7.99. The molecule has 0 unspecified atom stereocenters. The smallest absolute Gasteiger partial charge is 0.269 e. The van der Waals surface area contributed by atoms with Gasteiger partial charge >= 0.3 is 0 Å². The van der Waals surface area contributed by atoms with Crippen molar-refractivity contribution in [3.63, 3.8) is 0 Å². The van der Waals surface area contributed by atoms with E-state index >= 15 is 0 Å². The van der Waals surface area contributed by atoms with Crippen LogP contribution < -0.4 is 10.9 Å². The van der Waals surface area contributed by atoms with Gasteiger partial charge in [0.05, 0.1) is 17.6 Å². The Morgan fingerprint density at radius 1 is 1.10 bits per heavy atom. The summed E-state index contributed by atoms with van der Waals surface area (Å²) in [5.74, 6) is -3.20. The van der Waals surface area contributed by atoms with Crippen molar-refractivity contribution in [3.05, 3.63) is 76.5 Å². The van der Waals surface area contributed by atoms with E-state index in [2.05, 4.69) is 20.5 Å². The first-order chi connectivity index (χ1) is 14.4. The monoisotopic (exact) mass is 431 g/mol. The van der Waals surface area contributed by atoms with E-state index in [0.29, 0.717) is 5.69 Å². The summed E-state index contributed by atoms with van der Waals surface area (Å²) in [5, 5.41) is 9.17. The number of carbonyl (C=O) groups is 1. The lowest BCUT2D eigenvalue weighted by molar-refractivity contribution is -0.113. The van der Waals surface area contributed by atoms with E-state index in [1.54, 1.807) is 0 Å². The number of anilines is 1. The van der Waals surface area contributed by atoms with Crippen LogP contribution in [0.25, 0.3) is 16.7 Å². The summed E-state index contributed by atoms with van der Waals surface area (Å²) in [5.41, 5.74) is 0.0920. The van der Waals surface area contributed by atoms with Gasteiger partial charge in [0.1, 0.15) is 11.2 Å². The predicted octanol–water partition coefficient (Wildman–Crippen LogP) is 3.26. The summed E-state index contributed by atoms with van der Waals surface area (Å²) in [6.45, 7) is 0. The minimum atomic E-state index is -1.13. The molecule has 0 radical (unpaired) electrons. The predicted molar refractivity (Wildman–Crippen MR) is 105 cm³/mol. The maximum Gasteiger partial charge on any atom is 0.269 e. The van der Waals surface area contributed by atoms with E-state index in [1.807, 2.05) is 0 Å². The summed E-state index contributed by atoms with van der Waals surface area (Å²) < 4.78 is 41.1. The number of thioether (sulfide) groups is 1. The molecule has 0 spiro atoms. The highest BCUT2D eigenvalue weighted by atomic mass is 32.2. The lowest BCUT2D eigenvalue weighted by atomic mass is 10.3. The number of hydrogen-bond acceptors (Lipinski definition) is 5. The van der Waals surface area contributed by atoms with Crippen LogP contribution in [0.5, 0.6) is 0 Å². The molecule has 0 fully saturated rings. The third kappa shape index (κ3) is 3.92. The number of rotatable bonds is 5. The van der Waals surface area contributed by atoms with Gasteiger partial charge in [-0.05, 0) is 36.4 Å². The van der Waals surface area contributed by atoms with Gasteiger partial charge in [0, 0.05) is 11.8 Å². The number of halogens is 3. The van der Waals surface area contributed by atoms with Crippen molar-refractivity contribution in [2.75, 3.05) is 11.1 Å². The summed E-state index contributed by atoms with van der Waals surface area (Å²) in [7, 11) is 0. The van der Waals surface area contributed by atoms with Crippen LogP contribution in [0.2, 0.25) is 0 Å². The summed E-state index contributed by atoms with van der Waals surface area (Å²) in [6, 6.07) is 8.22. The molecule has 4 aromatic rings. The average Bonchev–Trinajstić information content (AvgIpc) is 3.19. The van der Waals surface area contributed by atoms with Crippen molar-refractivity contribution < 1.29 is 18.0 Å². The second-order valence-electron chi connectivity index (χ2n) is 6.11. The molecule has 0 saturated carbocycles. The number of amides is 1. The number of aromatic amines is 1. The zero-order valence-corrected chi connectivity index (χ0v) is 15.8. The molecule has 0 bridgehead atoms. The zero-order chi connectivity index (χ0) is 21.3. The molecular formula is C19H12F3N5O2S. The minimum absolute atomic E-state index is 0.0518. The molecule has 7 nitrogen and oxygen atoms in total. The SMILES string of the molecule is O=C(CSc1nc2[nH]ncc2c(=O)n1-c1ccc(F)c(F)c1)Nc1ccc(F)cc1. The Morgan fingerprint density at radius 2 is 1.87 bits per heavy atom. The molecule has 30 heavy (non-hydrogen) atoms. The maximum atomic E-state index is 13.7. The van der Waals surface area contributed by atoms with E-state index in [0.717, 1.165) is 28.5 Å². The fraction of sp³-hybridized carbons (Fsp3) is 0.0526. The number of nitrogens with zero attached hydrogens (tertiary/aromatic N) is 3. The van der Waals surface area contributed by atoms with Gasteiger partial charge in [-0.25, -0.2) is 18.2 Å². The van der Waals surface area contributed by atoms with Crippen molar-refractivity contribution in [2.45, 2.75) is 5.16 Å². The topological polar surface area (TPSA) is 92.7 Å². The summed E-state index contributed by atoms with van der Waals surface area (Å²) in [4.78, 5) is 29.4. The van der Waals surface area contributed by atoms with Crippen molar-refractivity contribution in [1.82, 2.24) is 19.7 Å². The fourth-order valence-corrected chi connectivity index (χ4v) is 3.49. The van der Waals surface area contributed by atoms with Crippen molar-refractivity contribution in [3.8, 4) is 5.69 Å². The first-order valence-corrected chi connectivity index (χ1v) is 9.51. The van der Waals surface area contributed by atoms with Crippen molar-refractivity contribution in [1.29, 1.82) is 0 Å². The maximum absolute atomic E-state index is 13.7. The van der Waals surface area contributed by atoms with Gasteiger partial charge in [-0.2, -0.15) is 5.10 Å². The van der Waals surface area contributed by atoms with E-state index in [9.17, 15) is 22.8 Å². The van der Waals surface area contributed by atoms with Crippen molar-refractivity contribution in [2.24, 2.45) is 0 Å². The molecule has 1 amide bonds. The molecule has 0 aliphatic rings. The normalized spacial score (nSPS) is 11.0. The molecular weight excluding hydrogens is 419 g/mol. The average molecular weight is 431 g/mol. The Balaban J connectivity index is 1.65. The molecule has 2 aromatic carbocycles. The fourth-order valence-electron chi connectivity index (χ4n) is 2.68. The van der Waals surface area contributed by atoms with Crippen LogP contribution in [0.3, 0.4) is 0 Å². The van der Waals surface area contributed by atoms with E-state index in [-0.39, 0.29) is 27.6 Å². The van der Waals surface area contributed by atoms with Gasteiger partial charge < -0.3 is 5.32 Å². The van der Waals surface area contributed by atoms with Crippen molar-refractivity contribution >= 4 is 34.4 Å². The number of nitrogens with one attached hydrogen (secondary N) is 2. The Labute approximate surface area is 170 Å². The van der Waals surface area contributed by atoms with E-state index in [4.69, 9.17) is 0 Å². The first kappa shape index (κ1) is 19.7. The molecule has 0 aliphatic carbocycles. The second kappa shape index (κ2) is 8.03.